The third-order valence-corrected chi connectivity index (χ3v) is 3.12. The summed E-state index contributed by atoms with van der Waals surface area (Å²) in [5.41, 5.74) is 8.22. The number of carbonyl (C=O) groups excluding carboxylic acids is 3. The van der Waals surface area contributed by atoms with Crippen molar-refractivity contribution in [2.45, 2.75) is 44.9 Å². The van der Waals surface area contributed by atoms with Gasteiger partial charge in [-0.2, -0.15) is 4.79 Å². The highest BCUT2D eigenvalue weighted by atomic mass is 19.1. The van der Waals surface area contributed by atoms with E-state index in [9.17, 15) is 23.9 Å². The first-order valence-corrected chi connectivity index (χ1v) is 7.74. The smallest absolute Gasteiger partial charge is 0.328 e. The number of aliphatic hydroxyl groups is 1. The maximum absolute atomic E-state index is 13.2. The SMILES string of the molecule is CC(C)OC(=O)[C@H](CCC(=O)C=[N+]=[N-])NC(=O)[C@H](O)c1cncc(F)c1. The summed E-state index contributed by atoms with van der Waals surface area (Å²) >= 11 is 0. The topological polar surface area (TPSA) is 142 Å². The van der Waals surface area contributed by atoms with Gasteiger partial charge in [-0.05, 0) is 26.3 Å². The maximum Gasteiger partial charge on any atom is 0.328 e. The molecule has 0 saturated heterocycles. The molecule has 0 bridgehead atoms. The van der Waals surface area contributed by atoms with E-state index in [1.807, 2.05) is 0 Å². The second kappa shape index (κ2) is 10.1. The van der Waals surface area contributed by atoms with Crippen molar-refractivity contribution in [1.82, 2.24) is 10.3 Å². The number of esters is 1. The predicted molar refractivity (Wildman–Crippen MR) is 86.2 cm³/mol. The van der Waals surface area contributed by atoms with E-state index in [4.69, 9.17) is 10.3 Å². The van der Waals surface area contributed by atoms with Crippen molar-refractivity contribution in [3.63, 3.8) is 0 Å². The summed E-state index contributed by atoms with van der Waals surface area (Å²) in [7, 11) is 0. The Morgan fingerprint density at radius 3 is 2.69 bits per heavy atom. The van der Waals surface area contributed by atoms with Crippen molar-refractivity contribution in [3.05, 3.63) is 35.4 Å². The van der Waals surface area contributed by atoms with Gasteiger partial charge in [-0.25, -0.2) is 9.18 Å². The minimum absolute atomic E-state index is 0.0954. The van der Waals surface area contributed by atoms with Gasteiger partial charge in [0.2, 0.25) is 5.78 Å². The van der Waals surface area contributed by atoms with Crippen molar-refractivity contribution in [2.75, 3.05) is 0 Å². The van der Waals surface area contributed by atoms with Gasteiger partial charge in [-0.1, -0.05) is 0 Å². The summed E-state index contributed by atoms with van der Waals surface area (Å²) in [6.45, 7) is 3.21. The number of hydrogen-bond donors (Lipinski definition) is 2. The molecule has 0 radical (unpaired) electrons. The number of aliphatic hydroxyl groups excluding tert-OH is 1. The molecular formula is C16H19FN4O5. The third-order valence-electron chi connectivity index (χ3n) is 3.12. The van der Waals surface area contributed by atoms with E-state index < -0.39 is 41.7 Å². The maximum atomic E-state index is 13.2. The number of hydrogen-bond acceptors (Lipinski definition) is 6. The predicted octanol–water partition coefficient (Wildman–Crippen LogP) is 0.340. The summed E-state index contributed by atoms with van der Waals surface area (Å²) < 4.78 is 18.2. The molecule has 0 aromatic carbocycles. The summed E-state index contributed by atoms with van der Waals surface area (Å²) in [6.07, 6.45) is 0.105. The van der Waals surface area contributed by atoms with Gasteiger partial charge in [-0.15, -0.1) is 0 Å². The molecule has 2 atom stereocenters. The Labute approximate surface area is 148 Å². The van der Waals surface area contributed by atoms with Gasteiger partial charge in [0.05, 0.1) is 12.3 Å². The minimum atomic E-state index is -1.76. The van der Waals surface area contributed by atoms with Crippen LogP contribution in [-0.2, 0) is 19.1 Å². The first-order chi connectivity index (χ1) is 12.2. The Bertz CT molecular complexity index is 718. The molecule has 9 nitrogen and oxygen atoms in total. The third kappa shape index (κ3) is 6.88. The van der Waals surface area contributed by atoms with Gasteiger partial charge in [0, 0.05) is 18.2 Å². The van der Waals surface area contributed by atoms with E-state index in [-0.39, 0.29) is 18.4 Å². The fraction of sp³-hybridized carbons (Fsp3) is 0.438. The van der Waals surface area contributed by atoms with Crippen LogP contribution in [0.4, 0.5) is 4.39 Å². The van der Waals surface area contributed by atoms with Crippen molar-refractivity contribution >= 4 is 23.9 Å². The first kappa shape index (κ1) is 21.1. The molecule has 0 fully saturated rings. The molecule has 26 heavy (non-hydrogen) atoms. The normalized spacial score (nSPS) is 12.7. The Morgan fingerprint density at radius 1 is 1.42 bits per heavy atom. The number of aromatic nitrogens is 1. The van der Waals surface area contributed by atoms with Crippen molar-refractivity contribution < 1.29 is 33.4 Å². The number of carbonyl (C=O) groups is 3. The average molecular weight is 366 g/mol. The van der Waals surface area contributed by atoms with E-state index in [2.05, 4.69) is 15.1 Å². The van der Waals surface area contributed by atoms with Crippen LogP contribution in [0.15, 0.2) is 18.5 Å². The lowest BCUT2D eigenvalue weighted by atomic mass is 10.1. The molecule has 1 rings (SSSR count). The largest absolute Gasteiger partial charge is 0.461 e. The number of ketones is 1. The number of Topliss-reactive ketones (excluding diaryl/α,β-unsaturated/α-hetero) is 1. The van der Waals surface area contributed by atoms with Gasteiger partial charge < -0.3 is 20.7 Å². The van der Waals surface area contributed by atoms with Crippen LogP contribution in [-0.4, -0.2) is 50.9 Å². The lowest BCUT2D eigenvalue weighted by Gasteiger charge is -2.20. The second-order valence-corrected chi connectivity index (χ2v) is 5.64. The van der Waals surface area contributed by atoms with Gasteiger partial charge in [0.25, 0.3) is 5.91 Å². The zero-order valence-electron chi connectivity index (χ0n) is 14.3. The van der Waals surface area contributed by atoms with E-state index in [1.54, 1.807) is 13.8 Å². The number of ether oxygens (including phenoxy) is 1. The van der Waals surface area contributed by atoms with E-state index in [0.29, 0.717) is 6.21 Å². The number of nitrogens with one attached hydrogen (secondary N) is 1. The van der Waals surface area contributed by atoms with Crippen LogP contribution in [0.1, 0.15) is 38.4 Å². The molecule has 0 aliphatic rings. The van der Waals surface area contributed by atoms with E-state index in [0.717, 1.165) is 18.5 Å². The number of rotatable bonds is 9. The molecule has 1 heterocycles. The molecule has 10 heteroatoms. The highest BCUT2D eigenvalue weighted by molar-refractivity contribution is 6.25. The highest BCUT2D eigenvalue weighted by Gasteiger charge is 2.28. The molecule has 0 aliphatic carbocycles. The summed E-state index contributed by atoms with van der Waals surface area (Å²) in [5.74, 6) is -3.09. The first-order valence-electron chi connectivity index (χ1n) is 7.74. The zero-order valence-corrected chi connectivity index (χ0v) is 14.3. The van der Waals surface area contributed by atoms with Crippen LogP contribution < -0.4 is 5.32 Å². The van der Waals surface area contributed by atoms with E-state index in [1.165, 1.54) is 0 Å². The van der Waals surface area contributed by atoms with Gasteiger partial charge in [-0.3, -0.25) is 14.6 Å². The monoisotopic (exact) mass is 366 g/mol. The fourth-order valence-corrected chi connectivity index (χ4v) is 1.96. The van der Waals surface area contributed by atoms with Crippen molar-refractivity contribution in [1.29, 1.82) is 0 Å². The fourth-order valence-electron chi connectivity index (χ4n) is 1.96. The molecule has 0 spiro atoms. The molecule has 0 saturated carbocycles. The van der Waals surface area contributed by atoms with Crippen molar-refractivity contribution in [3.8, 4) is 0 Å². The number of amides is 1. The second-order valence-electron chi connectivity index (χ2n) is 5.64. The minimum Gasteiger partial charge on any atom is -0.461 e. The molecule has 0 aliphatic heterocycles. The molecular weight excluding hydrogens is 347 g/mol. The van der Waals surface area contributed by atoms with Crippen LogP contribution in [0.25, 0.3) is 5.53 Å². The van der Waals surface area contributed by atoms with Gasteiger partial charge in [0.1, 0.15) is 11.9 Å². The Hall–Kier alpha value is -2.97. The Morgan fingerprint density at radius 2 is 2.12 bits per heavy atom. The molecule has 1 aromatic heterocycles. The van der Waals surface area contributed by atoms with Gasteiger partial charge >= 0.3 is 12.2 Å². The van der Waals surface area contributed by atoms with Crippen LogP contribution in [0, 0.1) is 5.82 Å². The number of nitrogens with zero attached hydrogens (tertiary/aromatic N) is 3. The standard InChI is InChI=1S/C16H19FN4O5/c1-9(2)26-16(25)13(4-3-12(22)8-20-18)21-15(24)14(23)10-5-11(17)7-19-6-10/h5-9,13-14,23H,3-4H2,1-2H3,(H,21,24)/t13-,14+/m0/s1. The lowest BCUT2D eigenvalue weighted by Crippen LogP contribution is -2.44. The quantitative estimate of drug-likeness (QED) is 0.279. The molecule has 2 N–H and O–H groups in total. The summed E-state index contributed by atoms with van der Waals surface area (Å²) in [5, 5.41) is 12.3. The van der Waals surface area contributed by atoms with Crippen LogP contribution >= 0.6 is 0 Å². The number of halogens is 1. The van der Waals surface area contributed by atoms with Crippen LogP contribution in [0.5, 0.6) is 0 Å². The number of pyridine rings is 1. The summed E-state index contributed by atoms with van der Waals surface area (Å²) in [4.78, 5) is 41.8. The average Bonchev–Trinajstić information content (AvgIpc) is 2.57. The molecule has 1 amide bonds. The lowest BCUT2D eigenvalue weighted by molar-refractivity contribution is -0.152. The van der Waals surface area contributed by atoms with Crippen LogP contribution in [0.2, 0.25) is 0 Å². The van der Waals surface area contributed by atoms with Crippen LogP contribution in [0.3, 0.4) is 0 Å². The molecule has 0 unspecified atom stereocenters. The summed E-state index contributed by atoms with van der Waals surface area (Å²) in [6, 6.07) is -0.294. The van der Waals surface area contributed by atoms with Gasteiger partial charge in [0.15, 0.2) is 6.10 Å². The Kier molecular flexibility index (Phi) is 8.20. The molecule has 1 aromatic rings. The van der Waals surface area contributed by atoms with Crippen molar-refractivity contribution in [2.24, 2.45) is 0 Å². The zero-order chi connectivity index (χ0) is 19.7. The van der Waals surface area contributed by atoms with E-state index >= 15 is 0 Å². The molecule has 140 valence electrons. The highest BCUT2D eigenvalue weighted by Crippen LogP contribution is 2.14. The Balaban J connectivity index is 2.85.